The number of nitrogens with zero attached hydrogens (tertiary/aromatic N) is 5. The van der Waals surface area contributed by atoms with Gasteiger partial charge in [-0.25, -0.2) is 4.98 Å². The summed E-state index contributed by atoms with van der Waals surface area (Å²) in [7, 11) is 0. The van der Waals surface area contributed by atoms with Crippen LogP contribution in [0.1, 0.15) is 41.6 Å². The average Bonchev–Trinajstić information content (AvgIpc) is 3.40. The van der Waals surface area contributed by atoms with Crippen LogP contribution in [0.4, 0.5) is 11.6 Å². The Morgan fingerprint density at radius 1 is 1.35 bits per heavy atom. The molecule has 3 aromatic rings. The quantitative estimate of drug-likeness (QED) is 0.568. The molecular weight excluding hydrogens is 394 g/mol. The van der Waals surface area contributed by atoms with Gasteiger partial charge < -0.3 is 20.5 Å². The number of nitrogens with two attached hydrogens (primary N) is 1. The monoisotopic (exact) mass is 421 g/mol. The first-order chi connectivity index (χ1) is 15.1. The molecule has 0 radical (unpaired) electrons. The highest BCUT2D eigenvalue weighted by Gasteiger charge is 2.18. The molecule has 1 atom stereocenters. The van der Waals surface area contributed by atoms with Crippen molar-refractivity contribution in [3.8, 4) is 6.07 Å². The molecule has 0 amide bonds. The number of nitrogen functional groups attached to an aromatic ring is 1. The van der Waals surface area contributed by atoms with Crippen LogP contribution >= 0.6 is 0 Å². The third-order valence-electron chi connectivity index (χ3n) is 5.45. The van der Waals surface area contributed by atoms with E-state index < -0.39 is 0 Å². The van der Waals surface area contributed by atoms with Crippen molar-refractivity contribution in [3.63, 3.8) is 0 Å². The number of ether oxygens (including phenoxy) is 2. The molecule has 0 bridgehead atoms. The molecule has 4 rings (SSSR count). The smallest absolute Gasteiger partial charge is 0.163 e. The number of anilines is 2. The van der Waals surface area contributed by atoms with E-state index >= 15 is 0 Å². The van der Waals surface area contributed by atoms with Gasteiger partial charge in [0.15, 0.2) is 5.65 Å². The van der Waals surface area contributed by atoms with Gasteiger partial charge in [-0.2, -0.15) is 14.9 Å². The van der Waals surface area contributed by atoms with E-state index in [-0.39, 0.29) is 6.10 Å². The highest BCUT2D eigenvalue weighted by atomic mass is 16.5. The zero-order chi connectivity index (χ0) is 21.8. The first kappa shape index (κ1) is 21.0. The van der Waals surface area contributed by atoms with Crippen LogP contribution in [-0.2, 0) is 28.9 Å². The van der Waals surface area contributed by atoms with E-state index in [1.54, 1.807) is 4.52 Å². The number of pyridine rings is 1. The number of hydrogen-bond acceptors (Lipinski definition) is 8. The molecule has 9 nitrogen and oxygen atoms in total. The van der Waals surface area contributed by atoms with Crippen molar-refractivity contribution in [2.24, 2.45) is 0 Å². The Morgan fingerprint density at radius 3 is 2.94 bits per heavy atom. The summed E-state index contributed by atoms with van der Waals surface area (Å²) < 4.78 is 12.7. The van der Waals surface area contributed by atoms with Crippen LogP contribution in [0.25, 0.3) is 5.65 Å². The van der Waals surface area contributed by atoms with Crippen LogP contribution in [0.3, 0.4) is 0 Å². The molecule has 162 valence electrons. The van der Waals surface area contributed by atoms with Crippen molar-refractivity contribution in [2.45, 2.75) is 45.8 Å². The normalized spacial score (nSPS) is 16.0. The molecule has 9 heteroatoms. The number of rotatable bonds is 8. The Bertz CT molecular complexity index is 1110. The summed E-state index contributed by atoms with van der Waals surface area (Å²) in [6, 6.07) is 8.08. The van der Waals surface area contributed by atoms with Crippen molar-refractivity contribution in [2.75, 3.05) is 30.8 Å². The fourth-order valence-electron chi connectivity index (χ4n) is 3.78. The Hall–Kier alpha value is -3.22. The number of aromatic nitrogens is 4. The van der Waals surface area contributed by atoms with E-state index in [0.717, 1.165) is 42.1 Å². The zero-order valence-corrected chi connectivity index (χ0v) is 17.9. The minimum atomic E-state index is 0.156. The van der Waals surface area contributed by atoms with Crippen molar-refractivity contribution < 1.29 is 9.47 Å². The van der Waals surface area contributed by atoms with Crippen LogP contribution in [0, 0.1) is 18.3 Å². The highest BCUT2D eigenvalue weighted by molar-refractivity contribution is 5.69. The van der Waals surface area contributed by atoms with Gasteiger partial charge in [0, 0.05) is 30.8 Å². The lowest BCUT2D eigenvalue weighted by atomic mass is 10.2. The summed E-state index contributed by atoms with van der Waals surface area (Å²) in [5.74, 6) is 0.772. The largest absolute Gasteiger partial charge is 0.382 e. The second-order valence-corrected chi connectivity index (χ2v) is 7.58. The number of nitrogens with one attached hydrogen (secondary N) is 1. The predicted molar refractivity (Wildman–Crippen MR) is 117 cm³/mol. The Labute approximate surface area is 181 Å². The van der Waals surface area contributed by atoms with Crippen LogP contribution in [0.15, 0.2) is 18.2 Å². The van der Waals surface area contributed by atoms with Gasteiger partial charge in [-0.1, -0.05) is 13.0 Å². The summed E-state index contributed by atoms with van der Waals surface area (Å²) in [5, 5.41) is 17.3. The van der Waals surface area contributed by atoms with Crippen molar-refractivity contribution in [1.29, 1.82) is 5.26 Å². The molecule has 3 aromatic heterocycles. The number of fused-ring (bicyclic) bond motifs is 1. The SMILES string of the molecule is CCc1c(C)nn2c(N)c(C#N)c(NCCc3cccc(COC4CCOC4)n3)nc12. The maximum absolute atomic E-state index is 9.61. The van der Waals surface area contributed by atoms with E-state index in [2.05, 4.69) is 33.4 Å². The summed E-state index contributed by atoms with van der Waals surface area (Å²) in [4.78, 5) is 9.33. The van der Waals surface area contributed by atoms with Gasteiger partial charge in [0.05, 0.1) is 30.7 Å². The van der Waals surface area contributed by atoms with Gasteiger partial charge in [-0.05, 0) is 31.9 Å². The van der Waals surface area contributed by atoms with Gasteiger partial charge in [-0.3, -0.25) is 4.98 Å². The standard InChI is InChI=1S/C22H27N7O2/c1-3-18-14(2)28-29-20(24)19(11-23)21(27-22(18)29)25-9-7-15-5-4-6-16(26-15)12-31-17-8-10-30-13-17/h4-6,17H,3,7-10,12-13,24H2,1-2H3,(H,25,27). The van der Waals surface area contributed by atoms with Crippen LogP contribution in [0.5, 0.6) is 0 Å². The molecule has 1 fully saturated rings. The molecule has 1 unspecified atom stereocenters. The van der Waals surface area contributed by atoms with E-state index in [9.17, 15) is 5.26 Å². The third-order valence-corrected chi connectivity index (χ3v) is 5.45. The summed E-state index contributed by atoms with van der Waals surface area (Å²) in [6.45, 7) is 6.44. The van der Waals surface area contributed by atoms with Crippen molar-refractivity contribution in [1.82, 2.24) is 19.6 Å². The Kier molecular flexibility index (Phi) is 6.30. The van der Waals surface area contributed by atoms with Gasteiger partial charge in [0.2, 0.25) is 0 Å². The minimum Gasteiger partial charge on any atom is -0.382 e. The van der Waals surface area contributed by atoms with Gasteiger partial charge in [-0.15, -0.1) is 0 Å². The fourth-order valence-corrected chi connectivity index (χ4v) is 3.78. The first-order valence-corrected chi connectivity index (χ1v) is 10.6. The lowest BCUT2D eigenvalue weighted by Gasteiger charge is -2.12. The molecular formula is C22H27N7O2. The lowest BCUT2D eigenvalue weighted by Crippen LogP contribution is -2.14. The molecule has 31 heavy (non-hydrogen) atoms. The van der Waals surface area contributed by atoms with Crippen LogP contribution in [-0.4, -0.2) is 45.4 Å². The minimum absolute atomic E-state index is 0.156. The summed E-state index contributed by atoms with van der Waals surface area (Å²) >= 11 is 0. The van der Waals surface area contributed by atoms with E-state index in [1.807, 2.05) is 25.1 Å². The molecule has 4 heterocycles. The third kappa shape index (κ3) is 4.45. The Balaban J connectivity index is 1.44. The molecule has 1 aliphatic heterocycles. The Morgan fingerprint density at radius 2 is 2.19 bits per heavy atom. The summed E-state index contributed by atoms with van der Waals surface area (Å²) in [5.41, 5.74) is 10.9. The number of aryl methyl sites for hydroxylation is 2. The van der Waals surface area contributed by atoms with Crippen molar-refractivity contribution >= 4 is 17.3 Å². The zero-order valence-electron chi connectivity index (χ0n) is 17.9. The fraction of sp³-hybridized carbons (Fsp3) is 0.455. The maximum Gasteiger partial charge on any atom is 0.163 e. The molecule has 0 saturated carbocycles. The van der Waals surface area contributed by atoms with E-state index in [4.69, 9.17) is 15.2 Å². The lowest BCUT2D eigenvalue weighted by molar-refractivity contribution is 0.0301. The molecule has 3 N–H and O–H groups in total. The van der Waals surface area contributed by atoms with E-state index in [0.29, 0.717) is 49.0 Å². The molecule has 0 aromatic carbocycles. The van der Waals surface area contributed by atoms with Gasteiger partial charge >= 0.3 is 0 Å². The summed E-state index contributed by atoms with van der Waals surface area (Å²) in [6.07, 6.45) is 2.56. The second-order valence-electron chi connectivity index (χ2n) is 7.58. The maximum atomic E-state index is 9.61. The molecule has 0 aliphatic carbocycles. The van der Waals surface area contributed by atoms with E-state index in [1.165, 1.54) is 0 Å². The molecule has 1 saturated heterocycles. The topological polar surface area (TPSA) is 123 Å². The molecule has 1 aliphatic rings. The number of hydrogen-bond donors (Lipinski definition) is 2. The van der Waals surface area contributed by atoms with Crippen molar-refractivity contribution in [3.05, 3.63) is 46.4 Å². The van der Waals surface area contributed by atoms with Crippen LogP contribution < -0.4 is 11.1 Å². The van der Waals surface area contributed by atoms with Gasteiger partial charge in [0.1, 0.15) is 23.3 Å². The first-order valence-electron chi connectivity index (χ1n) is 10.6. The molecule has 0 spiro atoms. The number of nitriles is 1. The average molecular weight is 422 g/mol. The predicted octanol–water partition coefficient (Wildman–Crippen LogP) is 2.41. The van der Waals surface area contributed by atoms with Gasteiger partial charge in [0.25, 0.3) is 0 Å². The van der Waals surface area contributed by atoms with Crippen LogP contribution in [0.2, 0.25) is 0 Å². The second kappa shape index (κ2) is 9.29. The highest BCUT2D eigenvalue weighted by Crippen LogP contribution is 2.25.